The highest BCUT2D eigenvalue weighted by atomic mass is 16.5. The van der Waals surface area contributed by atoms with Gasteiger partial charge in [-0.3, -0.25) is 0 Å². The Kier molecular flexibility index (Phi) is 5.03. The summed E-state index contributed by atoms with van der Waals surface area (Å²) in [5.74, 6) is 0. The Morgan fingerprint density at radius 3 is 2.47 bits per heavy atom. The summed E-state index contributed by atoms with van der Waals surface area (Å²) in [4.78, 5) is 2.49. The number of rotatable bonds is 5. The van der Waals surface area contributed by atoms with Crippen molar-refractivity contribution in [3.63, 3.8) is 0 Å². The second kappa shape index (κ2) is 5.83. The van der Waals surface area contributed by atoms with Crippen molar-refractivity contribution in [2.24, 2.45) is 0 Å². The first-order valence-electron chi connectivity index (χ1n) is 6.01. The zero-order valence-corrected chi connectivity index (χ0v) is 10.7. The van der Waals surface area contributed by atoms with Crippen LogP contribution in [0, 0.1) is 0 Å². The van der Waals surface area contributed by atoms with Crippen LogP contribution in [0.25, 0.3) is 0 Å². The molecule has 3 nitrogen and oxygen atoms in total. The predicted molar refractivity (Wildman–Crippen MR) is 64.2 cm³/mol. The van der Waals surface area contributed by atoms with Crippen molar-refractivity contribution >= 4 is 0 Å². The minimum atomic E-state index is 0.0151. The van der Waals surface area contributed by atoms with Gasteiger partial charge in [-0.1, -0.05) is 0 Å². The van der Waals surface area contributed by atoms with E-state index < -0.39 is 0 Å². The molecular weight excluding hydrogens is 188 g/mol. The van der Waals surface area contributed by atoms with Crippen molar-refractivity contribution in [3.8, 4) is 0 Å². The Balaban J connectivity index is 2.25. The van der Waals surface area contributed by atoms with E-state index in [-0.39, 0.29) is 5.60 Å². The van der Waals surface area contributed by atoms with Crippen LogP contribution in [-0.4, -0.2) is 50.3 Å². The van der Waals surface area contributed by atoms with Crippen LogP contribution in [0.1, 0.15) is 33.1 Å². The van der Waals surface area contributed by atoms with E-state index in [1.54, 1.807) is 7.11 Å². The van der Waals surface area contributed by atoms with Crippen LogP contribution < -0.4 is 5.32 Å². The molecule has 0 radical (unpaired) electrons. The van der Waals surface area contributed by atoms with E-state index in [1.165, 1.54) is 25.9 Å². The molecule has 0 saturated carbocycles. The summed E-state index contributed by atoms with van der Waals surface area (Å²) in [7, 11) is 4.03. The first-order chi connectivity index (χ1) is 7.05. The highest BCUT2D eigenvalue weighted by Gasteiger charge is 2.21. The smallest absolute Gasteiger partial charge is 0.0634 e. The monoisotopic (exact) mass is 214 g/mol. The normalized spacial score (nSPS) is 19.8. The van der Waals surface area contributed by atoms with Crippen molar-refractivity contribution in [1.29, 1.82) is 0 Å². The van der Waals surface area contributed by atoms with Gasteiger partial charge in [-0.25, -0.2) is 0 Å². The van der Waals surface area contributed by atoms with Crippen molar-refractivity contribution in [1.82, 2.24) is 10.2 Å². The molecule has 1 fully saturated rings. The number of methoxy groups -OCH3 is 1. The predicted octanol–water partition coefficient (Wildman–Crippen LogP) is 1.49. The molecule has 1 N–H and O–H groups in total. The van der Waals surface area contributed by atoms with Gasteiger partial charge < -0.3 is 15.0 Å². The highest BCUT2D eigenvalue weighted by Crippen LogP contribution is 2.16. The van der Waals surface area contributed by atoms with Gasteiger partial charge >= 0.3 is 0 Å². The molecule has 1 heterocycles. The molecule has 0 unspecified atom stereocenters. The van der Waals surface area contributed by atoms with E-state index >= 15 is 0 Å². The molecule has 0 aromatic rings. The topological polar surface area (TPSA) is 24.5 Å². The van der Waals surface area contributed by atoms with Crippen molar-refractivity contribution in [3.05, 3.63) is 0 Å². The van der Waals surface area contributed by atoms with Gasteiger partial charge in [0.1, 0.15) is 0 Å². The fourth-order valence-electron chi connectivity index (χ4n) is 1.98. The van der Waals surface area contributed by atoms with Gasteiger partial charge in [0.2, 0.25) is 0 Å². The summed E-state index contributed by atoms with van der Waals surface area (Å²) in [6.07, 6.45) is 3.66. The molecule has 15 heavy (non-hydrogen) atoms. The summed E-state index contributed by atoms with van der Waals surface area (Å²) < 4.78 is 5.44. The van der Waals surface area contributed by atoms with Crippen LogP contribution in [0.3, 0.4) is 0 Å². The molecule has 0 spiro atoms. The Morgan fingerprint density at radius 1 is 1.33 bits per heavy atom. The third kappa shape index (κ3) is 4.49. The highest BCUT2D eigenvalue weighted by molar-refractivity contribution is 4.78. The summed E-state index contributed by atoms with van der Waals surface area (Å²) in [6, 6.07) is 0.763. The van der Waals surface area contributed by atoms with Gasteiger partial charge in [0.25, 0.3) is 0 Å². The lowest BCUT2D eigenvalue weighted by molar-refractivity contribution is 0.00534. The minimum Gasteiger partial charge on any atom is -0.379 e. The molecule has 1 saturated heterocycles. The first-order valence-corrected chi connectivity index (χ1v) is 6.01. The zero-order chi connectivity index (χ0) is 11.3. The molecule has 0 aliphatic carbocycles. The molecular formula is C12H26N2O. The lowest BCUT2D eigenvalue weighted by Gasteiger charge is -2.33. The number of nitrogens with zero attached hydrogens (tertiary/aromatic N) is 1. The molecule has 1 aliphatic rings. The van der Waals surface area contributed by atoms with Gasteiger partial charge in [0, 0.05) is 19.7 Å². The van der Waals surface area contributed by atoms with Gasteiger partial charge in [-0.05, 0) is 53.2 Å². The van der Waals surface area contributed by atoms with Gasteiger partial charge in [0.05, 0.1) is 5.60 Å². The molecule has 0 atom stereocenters. The molecule has 0 aromatic heterocycles. The Hall–Kier alpha value is -0.120. The van der Waals surface area contributed by atoms with Gasteiger partial charge in [-0.15, -0.1) is 0 Å². The van der Waals surface area contributed by atoms with Gasteiger partial charge in [-0.2, -0.15) is 0 Å². The van der Waals surface area contributed by atoms with E-state index in [0.29, 0.717) is 0 Å². The third-order valence-electron chi connectivity index (χ3n) is 3.55. The second-order valence-electron chi connectivity index (χ2n) is 5.18. The van der Waals surface area contributed by atoms with Crippen LogP contribution in [0.4, 0.5) is 0 Å². The maximum atomic E-state index is 5.44. The molecule has 1 rings (SSSR count). The molecule has 1 aliphatic heterocycles. The number of piperidine rings is 1. The lowest BCUT2D eigenvalue weighted by Crippen LogP contribution is -2.42. The Labute approximate surface area is 94.2 Å². The summed E-state index contributed by atoms with van der Waals surface area (Å²) in [5, 5.41) is 3.40. The maximum absolute atomic E-state index is 5.44. The Bertz CT molecular complexity index is 176. The van der Waals surface area contributed by atoms with E-state index in [9.17, 15) is 0 Å². The minimum absolute atomic E-state index is 0.0151. The zero-order valence-electron chi connectivity index (χ0n) is 10.7. The van der Waals surface area contributed by atoms with Crippen LogP contribution in [-0.2, 0) is 4.74 Å². The standard InChI is InChI=1S/C12H26N2O/c1-12(2,15-4)7-10-14(3)11-5-8-13-9-6-11/h11,13H,5-10H2,1-4H3. The molecule has 0 bridgehead atoms. The molecule has 0 aromatic carbocycles. The summed E-state index contributed by atoms with van der Waals surface area (Å²) >= 11 is 0. The average molecular weight is 214 g/mol. The van der Waals surface area contributed by atoms with Crippen molar-refractivity contribution < 1.29 is 4.74 Å². The first kappa shape index (κ1) is 12.9. The Morgan fingerprint density at radius 2 is 1.93 bits per heavy atom. The van der Waals surface area contributed by atoms with Gasteiger partial charge in [0.15, 0.2) is 0 Å². The number of hydrogen-bond acceptors (Lipinski definition) is 3. The van der Waals surface area contributed by atoms with E-state index in [1.807, 2.05) is 0 Å². The second-order valence-corrected chi connectivity index (χ2v) is 5.18. The SMILES string of the molecule is COC(C)(C)CCN(C)C1CCNCC1. The molecule has 0 amide bonds. The van der Waals surface area contributed by atoms with Crippen molar-refractivity contribution in [2.45, 2.75) is 44.8 Å². The van der Waals surface area contributed by atoms with Crippen molar-refractivity contribution in [2.75, 3.05) is 33.8 Å². The van der Waals surface area contributed by atoms with Crippen LogP contribution >= 0.6 is 0 Å². The van der Waals surface area contributed by atoms with E-state index in [0.717, 1.165) is 19.0 Å². The van der Waals surface area contributed by atoms with E-state index in [4.69, 9.17) is 4.74 Å². The van der Waals surface area contributed by atoms with E-state index in [2.05, 4.69) is 31.1 Å². The average Bonchev–Trinajstić information content (AvgIpc) is 2.27. The summed E-state index contributed by atoms with van der Waals surface area (Å²) in [5.41, 5.74) is 0.0151. The lowest BCUT2D eigenvalue weighted by atomic mass is 10.0. The largest absolute Gasteiger partial charge is 0.379 e. The summed E-state index contributed by atoms with van der Waals surface area (Å²) in [6.45, 7) is 7.78. The number of ether oxygens (including phenoxy) is 1. The third-order valence-corrected chi connectivity index (χ3v) is 3.55. The van der Waals surface area contributed by atoms with Crippen LogP contribution in [0.15, 0.2) is 0 Å². The fraction of sp³-hybridized carbons (Fsp3) is 1.00. The van der Waals surface area contributed by atoms with Crippen LogP contribution in [0.2, 0.25) is 0 Å². The molecule has 3 heteroatoms. The van der Waals surface area contributed by atoms with Crippen LogP contribution in [0.5, 0.6) is 0 Å². The molecule has 90 valence electrons. The number of hydrogen-bond donors (Lipinski definition) is 1. The fourth-order valence-corrected chi connectivity index (χ4v) is 1.98. The number of nitrogens with one attached hydrogen (secondary N) is 1. The quantitative estimate of drug-likeness (QED) is 0.750. The maximum Gasteiger partial charge on any atom is 0.0634 e.